The quantitative estimate of drug-likeness (QED) is 0.816. The largest absolute Gasteiger partial charge is 0.287 e. The summed E-state index contributed by atoms with van der Waals surface area (Å²) in [6.07, 6.45) is 4.25. The number of carbonyl (C=O) groups is 1. The highest BCUT2D eigenvalue weighted by Gasteiger charge is 2.18. The van der Waals surface area contributed by atoms with Crippen molar-refractivity contribution in [2.24, 2.45) is 0 Å². The van der Waals surface area contributed by atoms with Crippen molar-refractivity contribution in [1.82, 2.24) is 14.8 Å². The van der Waals surface area contributed by atoms with Crippen molar-refractivity contribution in [3.8, 4) is 0 Å². The van der Waals surface area contributed by atoms with Gasteiger partial charge in [-0.3, -0.25) is 14.5 Å². The Balaban J connectivity index is 2.42. The van der Waals surface area contributed by atoms with Crippen LogP contribution in [0.25, 0.3) is 0 Å². The number of ketones is 1. The lowest BCUT2D eigenvalue weighted by atomic mass is 10.1. The maximum Gasteiger partial charge on any atom is 0.212 e. The molecule has 0 spiro atoms. The third-order valence-electron chi connectivity index (χ3n) is 2.60. The van der Waals surface area contributed by atoms with E-state index in [9.17, 15) is 4.79 Å². The minimum Gasteiger partial charge on any atom is -0.287 e. The van der Waals surface area contributed by atoms with Crippen LogP contribution in [0.2, 0.25) is 0 Å². The number of rotatable bonds is 4. The number of pyridine rings is 1. The second-order valence-corrected chi connectivity index (χ2v) is 4.93. The lowest BCUT2D eigenvalue weighted by Crippen LogP contribution is -2.12. The van der Waals surface area contributed by atoms with Crippen LogP contribution in [0.5, 0.6) is 0 Å². The van der Waals surface area contributed by atoms with Crippen molar-refractivity contribution >= 4 is 21.7 Å². The Bertz CT molecular complexity index is 577. The molecule has 0 bridgehead atoms. The Labute approximate surface area is 114 Å². The number of carbonyl (C=O) groups excluding carboxylic acids is 1. The summed E-state index contributed by atoms with van der Waals surface area (Å²) in [5.74, 6) is -0.0293. The van der Waals surface area contributed by atoms with Crippen molar-refractivity contribution in [2.45, 2.75) is 26.8 Å². The summed E-state index contributed by atoms with van der Waals surface area (Å²) < 4.78 is 2.47. The lowest BCUT2D eigenvalue weighted by molar-refractivity contribution is 0.102. The van der Waals surface area contributed by atoms with Crippen molar-refractivity contribution in [1.29, 1.82) is 0 Å². The summed E-state index contributed by atoms with van der Waals surface area (Å²) in [7, 11) is 0. The van der Waals surface area contributed by atoms with E-state index in [0.717, 1.165) is 23.1 Å². The van der Waals surface area contributed by atoms with Crippen LogP contribution in [-0.4, -0.2) is 20.5 Å². The Morgan fingerprint density at radius 2 is 2.28 bits per heavy atom. The van der Waals surface area contributed by atoms with E-state index in [1.54, 1.807) is 29.2 Å². The molecule has 0 saturated heterocycles. The molecule has 2 aromatic rings. The predicted octanol–water partition coefficient (Wildman–Crippen LogP) is 2.99. The minimum absolute atomic E-state index is 0.0293. The van der Waals surface area contributed by atoms with Gasteiger partial charge in [-0.05, 0) is 41.4 Å². The number of aryl methyl sites for hydroxylation is 2. The zero-order chi connectivity index (χ0) is 13.1. The number of hydrogen-bond acceptors (Lipinski definition) is 3. The van der Waals surface area contributed by atoms with Crippen molar-refractivity contribution < 1.29 is 4.79 Å². The van der Waals surface area contributed by atoms with E-state index < -0.39 is 0 Å². The molecule has 0 aromatic carbocycles. The molecular weight excluding hydrogens is 294 g/mol. The molecule has 5 heteroatoms. The van der Waals surface area contributed by atoms with Crippen LogP contribution in [0.1, 0.15) is 35.1 Å². The molecule has 0 fully saturated rings. The third-order valence-corrected chi connectivity index (χ3v) is 3.18. The van der Waals surface area contributed by atoms with Gasteiger partial charge < -0.3 is 0 Å². The van der Waals surface area contributed by atoms with Gasteiger partial charge in [0.15, 0.2) is 0 Å². The van der Waals surface area contributed by atoms with Gasteiger partial charge in [0.25, 0.3) is 0 Å². The molecule has 94 valence electrons. The molecule has 4 nitrogen and oxygen atoms in total. The van der Waals surface area contributed by atoms with Gasteiger partial charge in [-0.25, -0.2) is 0 Å². The molecule has 0 radical (unpaired) electrons. The fourth-order valence-electron chi connectivity index (χ4n) is 1.79. The molecule has 0 amide bonds. The van der Waals surface area contributed by atoms with E-state index in [4.69, 9.17) is 0 Å². The molecule has 0 aliphatic carbocycles. The van der Waals surface area contributed by atoms with Gasteiger partial charge in [0, 0.05) is 24.0 Å². The molecule has 2 heterocycles. The average Bonchev–Trinajstić information content (AvgIpc) is 2.70. The molecule has 2 aromatic heterocycles. The van der Waals surface area contributed by atoms with Crippen LogP contribution in [0.15, 0.2) is 29.0 Å². The highest BCUT2D eigenvalue weighted by molar-refractivity contribution is 9.10. The fraction of sp³-hybridized carbons (Fsp3) is 0.308. The second-order valence-electron chi connectivity index (χ2n) is 4.08. The average molecular weight is 308 g/mol. The van der Waals surface area contributed by atoms with Gasteiger partial charge >= 0.3 is 0 Å². The molecule has 0 unspecified atom stereocenters. The summed E-state index contributed by atoms with van der Waals surface area (Å²) in [6.45, 7) is 4.66. The van der Waals surface area contributed by atoms with Gasteiger partial charge in [-0.2, -0.15) is 5.10 Å². The highest BCUT2D eigenvalue weighted by Crippen LogP contribution is 2.20. The number of nitrogens with zero attached hydrogens (tertiary/aromatic N) is 3. The normalized spacial score (nSPS) is 10.6. The topological polar surface area (TPSA) is 47.8 Å². The molecule has 2 rings (SSSR count). The zero-order valence-corrected chi connectivity index (χ0v) is 11.9. The monoisotopic (exact) mass is 307 g/mol. The highest BCUT2D eigenvalue weighted by atomic mass is 79.9. The first-order valence-corrected chi connectivity index (χ1v) is 6.61. The SMILES string of the molecule is CCCn1ncc(Br)c1C(=O)c1ccnc(C)c1. The summed E-state index contributed by atoms with van der Waals surface area (Å²) in [5.41, 5.74) is 2.07. The molecule has 0 aliphatic heterocycles. The minimum atomic E-state index is -0.0293. The molecule has 0 aliphatic rings. The first kappa shape index (κ1) is 13.0. The van der Waals surface area contributed by atoms with E-state index in [1.165, 1.54) is 0 Å². The van der Waals surface area contributed by atoms with Gasteiger partial charge in [-0.1, -0.05) is 6.92 Å². The fourth-order valence-corrected chi connectivity index (χ4v) is 2.27. The first-order chi connectivity index (χ1) is 8.63. The Morgan fingerprint density at radius 1 is 1.50 bits per heavy atom. The van der Waals surface area contributed by atoms with E-state index >= 15 is 0 Å². The zero-order valence-electron chi connectivity index (χ0n) is 10.4. The van der Waals surface area contributed by atoms with E-state index in [-0.39, 0.29) is 5.78 Å². The Kier molecular flexibility index (Phi) is 3.91. The van der Waals surface area contributed by atoms with Crippen LogP contribution >= 0.6 is 15.9 Å². The molecular formula is C13H14BrN3O. The first-order valence-electron chi connectivity index (χ1n) is 5.82. The molecule has 0 saturated carbocycles. The second kappa shape index (κ2) is 5.44. The summed E-state index contributed by atoms with van der Waals surface area (Å²) in [5, 5.41) is 4.21. The number of hydrogen-bond donors (Lipinski definition) is 0. The predicted molar refractivity (Wildman–Crippen MR) is 72.6 cm³/mol. The molecule has 0 atom stereocenters. The van der Waals surface area contributed by atoms with E-state index in [1.807, 2.05) is 6.92 Å². The van der Waals surface area contributed by atoms with Crippen LogP contribution in [-0.2, 0) is 6.54 Å². The van der Waals surface area contributed by atoms with Crippen LogP contribution < -0.4 is 0 Å². The maximum absolute atomic E-state index is 12.5. The van der Waals surface area contributed by atoms with Crippen molar-refractivity contribution in [3.63, 3.8) is 0 Å². The maximum atomic E-state index is 12.5. The summed E-state index contributed by atoms with van der Waals surface area (Å²) in [6, 6.07) is 3.52. The third kappa shape index (κ3) is 2.51. The summed E-state index contributed by atoms with van der Waals surface area (Å²) >= 11 is 3.38. The van der Waals surface area contributed by atoms with Crippen LogP contribution in [0, 0.1) is 6.92 Å². The van der Waals surface area contributed by atoms with Gasteiger partial charge in [-0.15, -0.1) is 0 Å². The molecule has 0 N–H and O–H groups in total. The molecule has 18 heavy (non-hydrogen) atoms. The van der Waals surface area contributed by atoms with Crippen molar-refractivity contribution in [3.05, 3.63) is 46.0 Å². The number of halogens is 1. The Morgan fingerprint density at radius 3 is 2.94 bits per heavy atom. The lowest BCUT2D eigenvalue weighted by Gasteiger charge is -2.06. The standard InChI is InChI=1S/C13H14BrN3O/c1-3-6-17-12(11(14)8-16-17)13(18)10-4-5-15-9(2)7-10/h4-5,7-8H,3,6H2,1-2H3. The van der Waals surface area contributed by atoms with Crippen molar-refractivity contribution in [2.75, 3.05) is 0 Å². The van der Waals surface area contributed by atoms with Crippen LogP contribution in [0.3, 0.4) is 0 Å². The summed E-state index contributed by atoms with van der Waals surface area (Å²) in [4.78, 5) is 16.6. The van der Waals surface area contributed by atoms with Crippen LogP contribution in [0.4, 0.5) is 0 Å². The van der Waals surface area contributed by atoms with Gasteiger partial charge in [0.05, 0.1) is 10.7 Å². The van der Waals surface area contributed by atoms with E-state index in [2.05, 4.69) is 32.9 Å². The van der Waals surface area contributed by atoms with E-state index in [0.29, 0.717) is 11.3 Å². The van der Waals surface area contributed by atoms with Gasteiger partial charge in [0.2, 0.25) is 5.78 Å². The number of aromatic nitrogens is 3. The Hall–Kier alpha value is -1.49. The smallest absolute Gasteiger partial charge is 0.212 e. The van der Waals surface area contributed by atoms with Gasteiger partial charge in [0.1, 0.15) is 5.69 Å².